The normalized spacial score (nSPS) is 12.1. The number of rotatable bonds is 4. The van der Waals surface area contributed by atoms with Gasteiger partial charge in [0.25, 0.3) is 5.91 Å². The van der Waals surface area contributed by atoms with E-state index in [0.717, 1.165) is 0 Å². The van der Waals surface area contributed by atoms with Crippen molar-refractivity contribution in [3.05, 3.63) is 28.0 Å². The summed E-state index contributed by atoms with van der Waals surface area (Å²) in [6.45, 7) is 3.59. The Balaban J connectivity index is 2.94. The van der Waals surface area contributed by atoms with Gasteiger partial charge >= 0.3 is 5.97 Å². The van der Waals surface area contributed by atoms with Crippen LogP contribution < -0.4 is 5.32 Å². The molecule has 1 atom stereocenters. The minimum Gasteiger partial charge on any atom is -0.467 e. The summed E-state index contributed by atoms with van der Waals surface area (Å²) in [4.78, 5) is 27.4. The predicted molar refractivity (Wildman–Crippen MR) is 72.4 cm³/mol. The lowest BCUT2D eigenvalue weighted by molar-refractivity contribution is -0.144. The molecule has 1 unspecified atom stereocenters. The quantitative estimate of drug-likeness (QED) is 0.684. The number of nitrogens with one attached hydrogen (secondary N) is 1. The van der Waals surface area contributed by atoms with Crippen molar-refractivity contribution in [1.29, 1.82) is 0 Å². The summed E-state index contributed by atoms with van der Waals surface area (Å²) >= 11 is 11.6. The zero-order chi connectivity index (χ0) is 14.6. The molecule has 1 amide bonds. The van der Waals surface area contributed by atoms with Gasteiger partial charge in [0.05, 0.1) is 17.7 Å². The molecule has 0 aliphatic carbocycles. The van der Waals surface area contributed by atoms with Crippen molar-refractivity contribution in [2.75, 3.05) is 7.11 Å². The van der Waals surface area contributed by atoms with E-state index in [1.165, 1.54) is 19.4 Å². The van der Waals surface area contributed by atoms with E-state index >= 15 is 0 Å². The van der Waals surface area contributed by atoms with Gasteiger partial charge in [0.2, 0.25) is 0 Å². The first-order chi connectivity index (χ1) is 8.86. The van der Waals surface area contributed by atoms with Crippen molar-refractivity contribution >= 4 is 35.1 Å². The molecule has 0 aliphatic heterocycles. The molecule has 19 heavy (non-hydrogen) atoms. The number of aromatic nitrogens is 1. The molecular formula is C12H14Cl2N2O3. The molecule has 1 aromatic rings. The van der Waals surface area contributed by atoms with Crippen LogP contribution in [0.15, 0.2) is 12.3 Å². The predicted octanol–water partition coefficient (Wildman–Crippen LogP) is 2.32. The second-order valence-corrected chi connectivity index (χ2v) is 5.00. The number of methoxy groups -OCH3 is 1. The third kappa shape index (κ3) is 4.08. The van der Waals surface area contributed by atoms with E-state index in [2.05, 4.69) is 15.0 Å². The van der Waals surface area contributed by atoms with Crippen LogP contribution in [-0.4, -0.2) is 30.0 Å². The van der Waals surface area contributed by atoms with Crippen LogP contribution >= 0.6 is 23.2 Å². The number of carbonyl (C=O) groups is 2. The van der Waals surface area contributed by atoms with Crippen LogP contribution in [0, 0.1) is 5.92 Å². The highest BCUT2D eigenvalue weighted by atomic mass is 35.5. The Kier molecular flexibility index (Phi) is 5.57. The third-order valence-electron chi connectivity index (χ3n) is 2.47. The standard InChI is InChI=1S/C12H14Cl2N2O3/c1-6(2)10(12(18)19-3)16-11(17)7-4-9(14)15-5-8(7)13/h4-6,10H,1-3H3,(H,16,17). The lowest BCUT2D eigenvalue weighted by Gasteiger charge is -2.20. The van der Waals surface area contributed by atoms with E-state index in [4.69, 9.17) is 23.2 Å². The third-order valence-corrected chi connectivity index (χ3v) is 2.98. The fourth-order valence-electron chi connectivity index (χ4n) is 1.43. The number of amides is 1. The van der Waals surface area contributed by atoms with Gasteiger partial charge in [-0.25, -0.2) is 9.78 Å². The van der Waals surface area contributed by atoms with Crippen LogP contribution in [0.4, 0.5) is 0 Å². The largest absolute Gasteiger partial charge is 0.467 e. The molecular weight excluding hydrogens is 291 g/mol. The fourth-order valence-corrected chi connectivity index (χ4v) is 1.78. The highest BCUT2D eigenvalue weighted by Gasteiger charge is 2.26. The molecule has 1 aromatic heterocycles. The monoisotopic (exact) mass is 304 g/mol. The average Bonchev–Trinajstić information content (AvgIpc) is 2.37. The van der Waals surface area contributed by atoms with Crippen molar-refractivity contribution in [2.24, 2.45) is 5.92 Å². The van der Waals surface area contributed by atoms with Gasteiger partial charge in [-0.1, -0.05) is 37.0 Å². The van der Waals surface area contributed by atoms with E-state index in [-0.39, 0.29) is 21.7 Å². The molecule has 0 radical (unpaired) electrons. The van der Waals surface area contributed by atoms with E-state index in [0.29, 0.717) is 0 Å². The maximum Gasteiger partial charge on any atom is 0.328 e. The Hall–Kier alpha value is -1.33. The first kappa shape index (κ1) is 15.7. The molecule has 7 heteroatoms. The second kappa shape index (κ2) is 6.73. The summed E-state index contributed by atoms with van der Waals surface area (Å²) in [5.41, 5.74) is 0.163. The molecule has 0 bridgehead atoms. The molecule has 5 nitrogen and oxygen atoms in total. The van der Waals surface area contributed by atoms with E-state index < -0.39 is 17.9 Å². The Morgan fingerprint density at radius 1 is 1.37 bits per heavy atom. The van der Waals surface area contributed by atoms with Gasteiger partial charge in [-0.15, -0.1) is 0 Å². The molecule has 0 fully saturated rings. The SMILES string of the molecule is COC(=O)C(NC(=O)c1cc(Cl)ncc1Cl)C(C)C. The van der Waals surface area contributed by atoms with Crippen LogP contribution in [0.5, 0.6) is 0 Å². The summed E-state index contributed by atoms with van der Waals surface area (Å²) in [6.07, 6.45) is 1.28. The smallest absolute Gasteiger partial charge is 0.328 e. The van der Waals surface area contributed by atoms with Gasteiger partial charge in [0, 0.05) is 6.20 Å². The Labute approximate surface area is 121 Å². The summed E-state index contributed by atoms with van der Waals surface area (Å²) in [7, 11) is 1.26. The Morgan fingerprint density at radius 3 is 2.53 bits per heavy atom. The number of hydrogen-bond donors (Lipinski definition) is 1. The maximum atomic E-state index is 12.1. The highest BCUT2D eigenvalue weighted by Crippen LogP contribution is 2.18. The summed E-state index contributed by atoms with van der Waals surface area (Å²) in [5.74, 6) is -1.13. The van der Waals surface area contributed by atoms with Crippen molar-refractivity contribution in [3.63, 3.8) is 0 Å². The molecule has 1 heterocycles. The Morgan fingerprint density at radius 2 is 2.00 bits per heavy atom. The number of hydrogen-bond acceptors (Lipinski definition) is 4. The molecule has 0 saturated carbocycles. The molecule has 0 aromatic carbocycles. The van der Waals surface area contributed by atoms with Gasteiger partial charge in [0.1, 0.15) is 11.2 Å². The van der Waals surface area contributed by atoms with E-state index in [1.807, 2.05) is 0 Å². The molecule has 1 N–H and O–H groups in total. The lowest BCUT2D eigenvalue weighted by atomic mass is 10.0. The van der Waals surface area contributed by atoms with Crippen molar-refractivity contribution < 1.29 is 14.3 Å². The zero-order valence-corrected chi connectivity index (χ0v) is 12.2. The summed E-state index contributed by atoms with van der Waals surface area (Å²) in [6, 6.07) is 0.592. The molecule has 104 valence electrons. The summed E-state index contributed by atoms with van der Waals surface area (Å²) < 4.78 is 4.64. The van der Waals surface area contributed by atoms with Crippen LogP contribution in [-0.2, 0) is 9.53 Å². The highest BCUT2D eigenvalue weighted by molar-refractivity contribution is 6.35. The van der Waals surface area contributed by atoms with Gasteiger partial charge in [-0.2, -0.15) is 0 Å². The Bertz CT molecular complexity index is 492. The number of esters is 1. The lowest BCUT2D eigenvalue weighted by Crippen LogP contribution is -2.45. The maximum absolute atomic E-state index is 12.1. The van der Waals surface area contributed by atoms with Crippen molar-refractivity contribution in [3.8, 4) is 0 Å². The second-order valence-electron chi connectivity index (χ2n) is 4.21. The summed E-state index contributed by atoms with van der Waals surface area (Å²) in [5, 5.41) is 2.88. The minimum absolute atomic E-state index is 0.118. The molecule has 0 spiro atoms. The van der Waals surface area contributed by atoms with Crippen molar-refractivity contribution in [1.82, 2.24) is 10.3 Å². The van der Waals surface area contributed by atoms with Gasteiger partial charge in [0.15, 0.2) is 0 Å². The first-order valence-electron chi connectivity index (χ1n) is 5.56. The van der Waals surface area contributed by atoms with Crippen LogP contribution in [0.2, 0.25) is 10.2 Å². The topological polar surface area (TPSA) is 68.3 Å². The van der Waals surface area contributed by atoms with Crippen LogP contribution in [0.25, 0.3) is 0 Å². The molecule has 0 saturated heterocycles. The fraction of sp³-hybridized carbons (Fsp3) is 0.417. The number of ether oxygens (including phenoxy) is 1. The number of halogens is 2. The minimum atomic E-state index is -0.750. The van der Waals surface area contributed by atoms with Crippen LogP contribution in [0.1, 0.15) is 24.2 Å². The van der Waals surface area contributed by atoms with E-state index in [1.54, 1.807) is 13.8 Å². The van der Waals surface area contributed by atoms with E-state index in [9.17, 15) is 9.59 Å². The number of carbonyl (C=O) groups excluding carboxylic acids is 2. The van der Waals surface area contributed by atoms with Gasteiger partial charge in [-0.05, 0) is 12.0 Å². The van der Waals surface area contributed by atoms with Crippen LogP contribution in [0.3, 0.4) is 0 Å². The first-order valence-corrected chi connectivity index (χ1v) is 6.32. The molecule has 0 aliphatic rings. The number of nitrogens with zero attached hydrogens (tertiary/aromatic N) is 1. The van der Waals surface area contributed by atoms with Gasteiger partial charge < -0.3 is 10.1 Å². The zero-order valence-electron chi connectivity index (χ0n) is 10.7. The average molecular weight is 305 g/mol. The molecule has 1 rings (SSSR count). The van der Waals surface area contributed by atoms with Crippen molar-refractivity contribution in [2.45, 2.75) is 19.9 Å². The number of pyridine rings is 1. The van der Waals surface area contributed by atoms with Gasteiger partial charge in [-0.3, -0.25) is 4.79 Å².